The normalized spacial score (nSPS) is 6.20. The summed E-state index contributed by atoms with van der Waals surface area (Å²) in [6.45, 7) is 0.972. The van der Waals surface area contributed by atoms with Gasteiger partial charge in [-0.2, -0.15) is 0 Å². The van der Waals surface area contributed by atoms with Gasteiger partial charge in [-0.1, -0.05) is 0 Å². The Kier molecular flexibility index (Phi) is 19.4. The Balaban J connectivity index is -0.0000000910. The number of aliphatic carboxylic acids is 2. The van der Waals surface area contributed by atoms with Gasteiger partial charge in [0.1, 0.15) is 0 Å². The van der Waals surface area contributed by atoms with Crippen LogP contribution in [0.15, 0.2) is 0 Å². The van der Waals surface area contributed by atoms with Crippen LogP contribution in [-0.2, 0) is 42.4 Å². The van der Waals surface area contributed by atoms with Crippen molar-refractivity contribution >= 4 is 11.9 Å². The molecule has 0 atom stereocenters. The molecule has 4 nitrogen and oxygen atoms in total. The van der Waals surface area contributed by atoms with Gasteiger partial charge in [0.25, 0.3) is 0 Å². The first-order valence-corrected chi connectivity index (χ1v) is 2.77. The second-order valence-electron chi connectivity index (χ2n) is 0.997. The molecule has 0 aliphatic heterocycles. The molecule has 0 N–H and O–H groups in total. The first kappa shape index (κ1) is 16.5. The fourth-order valence-corrected chi connectivity index (χ4v) is 0. The number of carbonyl (C=O) groups excluding carboxylic acids is 2. The third-order valence-electron chi connectivity index (χ3n) is 0.109. The number of hydrogen-bond donors (Lipinski definition) is 0. The van der Waals surface area contributed by atoms with E-state index in [2.05, 4.69) is 16.0 Å². The molecule has 0 unspecified atom stereocenters. The summed E-state index contributed by atoms with van der Waals surface area (Å²) in [5, 5.41) is 18.0. The van der Waals surface area contributed by atoms with Crippen LogP contribution in [0.2, 0.25) is 5.32 Å². The van der Waals surface area contributed by atoms with E-state index in [0.29, 0.717) is 0 Å². The summed E-state index contributed by atoms with van der Waals surface area (Å²) >= 11 is 2.65. The Morgan fingerprint density at radius 3 is 1.50 bits per heavy atom. The van der Waals surface area contributed by atoms with E-state index in [9.17, 15) is 9.90 Å². The van der Waals surface area contributed by atoms with Crippen molar-refractivity contribution < 1.29 is 52.6 Å². The molecule has 0 bridgehead atoms. The molecule has 0 saturated heterocycles. The van der Waals surface area contributed by atoms with Gasteiger partial charge in [0.15, 0.2) is 0 Å². The van der Waals surface area contributed by atoms with Crippen molar-refractivity contribution in [2.75, 3.05) is 0 Å². The maximum absolute atomic E-state index is 9.21. The zero-order valence-electron chi connectivity index (χ0n) is 5.05. The maximum atomic E-state index is 9.21. The third kappa shape index (κ3) is 100. The van der Waals surface area contributed by atoms with Gasteiger partial charge in [-0.15, -0.1) is 0 Å². The standard InChI is InChI=1S/C2H4O2.C2H3O2.Co.Mn/c2*1-2(3)4;;/h1H3,(H,3,4);1H2,(H,3,4);;/q;;+2;/p-2. The predicted octanol–water partition coefficient (Wildman–Crippen LogP) is -2.54. The fourth-order valence-electron chi connectivity index (χ4n) is 0. The summed E-state index contributed by atoms with van der Waals surface area (Å²) < 4.78 is 0. The van der Waals surface area contributed by atoms with Crippen LogP contribution in [0, 0.1) is 0 Å². The van der Waals surface area contributed by atoms with Crippen LogP contribution in [0.3, 0.4) is 0 Å². The number of rotatable bonds is 1. The van der Waals surface area contributed by atoms with Gasteiger partial charge in [0.2, 0.25) is 0 Å². The van der Waals surface area contributed by atoms with Crippen molar-refractivity contribution in [1.82, 2.24) is 0 Å². The van der Waals surface area contributed by atoms with E-state index in [1.165, 1.54) is 0 Å². The number of carbonyl (C=O) groups is 2. The van der Waals surface area contributed by atoms with E-state index in [1.54, 1.807) is 0 Å². The van der Waals surface area contributed by atoms with Crippen molar-refractivity contribution in [3.05, 3.63) is 0 Å². The Labute approximate surface area is 77.0 Å². The second kappa shape index (κ2) is 11.7. The van der Waals surface area contributed by atoms with Crippen molar-refractivity contribution in [1.29, 1.82) is 0 Å². The molecule has 0 heterocycles. The number of carboxylic acid groups (broad SMARTS) is 2. The number of carboxylic acids is 2. The summed E-state index contributed by atoms with van der Waals surface area (Å²) in [4.78, 5) is 18.1. The molecule has 0 aromatic rings. The molecule has 0 saturated carbocycles. The zero-order chi connectivity index (χ0) is 7.86. The summed E-state index contributed by atoms with van der Waals surface area (Å²) in [5.41, 5.74) is 0. The molecule has 0 aromatic heterocycles. The summed E-state index contributed by atoms with van der Waals surface area (Å²) in [7, 11) is 0. The fraction of sp³-hybridized carbons (Fsp3) is 0.500. The maximum Gasteiger partial charge on any atom is 2.00 e. The van der Waals surface area contributed by atoms with Gasteiger partial charge < -0.3 is 9.90 Å². The Morgan fingerprint density at radius 2 is 1.50 bits per heavy atom. The van der Waals surface area contributed by atoms with Crippen molar-refractivity contribution in [3.63, 3.8) is 0 Å². The SMILES string of the molecule is CC(=O)[O-].O=C([O-])[CH2][Mn].[Co+2]. The quantitative estimate of drug-likeness (QED) is 0.465. The number of hydrogen-bond acceptors (Lipinski definition) is 4. The molecule has 0 spiro atoms. The van der Waals surface area contributed by atoms with Gasteiger partial charge in [0.05, 0.1) is 0 Å². The van der Waals surface area contributed by atoms with Gasteiger partial charge in [-0.3, -0.25) is 0 Å². The van der Waals surface area contributed by atoms with E-state index >= 15 is 0 Å². The van der Waals surface area contributed by atoms with E-state index in [-0.39, 0.29) is 22.1 Å². The van der Waals surface area contributed by atoms with Gasteiger partial charge in [0, 0.05) is 5.97 Å². The predicted molar refractivity (Wildman–Crippen MR) is 20.5 cm³/mol. The minimum absolute atomic E-state index is 0. The molecule has 0 aliphatic carbocycles. The molecule has 61 valence electrons. The van der Waals surface area contributed by atoms with Crippen LogP contribution >= 0.6 is 0 Å². The van der Waals surface area contributed by atoms with Crippen LogP contribution in [0.4, 0.5) is 0 Å². The molecule has 10 heavy (non-hydrogen) atoms. The van der Waals surface area contributed by atoms with Crippen LogP contribution in [0.25, 0.3) is 0 Å². The minimum Gasteiger partial charge on any atom is 2.00 e. The molecule has 1 radical (unpaired) electrons. The molecule has 0 fully saturated rings. The third-order valence-corrected chi connectivity index (χ3v) is 0.450. The van der Waals surface area contributed by atoms with Gasteiger partial charge in [-0.05, 0) is 6.92 Å². The monoisotopic (exact) mass is 231 g/mol. The summed E-state index contributed by atoms with van der Waals surface area (Å²) in [5.74, 6) is -2.16. The smallest absolute Gasteiger partial charge is 2.00 e. The first-order valence-electron chi connectivity index (χ1n) is 1.94. The van der Waals surface area contributed by atoms with Gasteiger partial charge >= 0.3 is 54.0 Å². The molecule has 0 aliphatic rings. The van der Waals surface area contributed by atoms with Crippen molar-refractivity contribution in [2.45, 2.75) is 12.2 Å². The van der Waals surface area contributed by atoms with E-state index < -0.39 is 11.9 Å². The average Bonchev–Trinajstić information content (AvgIpc) is 1.65. The van der Waals surface area contributed by atoms with E-state index in [0.717, 1.165) is 6.92 Å². The van der Waals surface area contributed by atoms with E-state index in [4.69, 9.17) is 9.90 Å². The second-order valence-corrected chi connectivity index (χ2v) is 1.41. The molecule has 0 aromatic carbocycles. The molecule has 0 rings (SSSR count). The van der Waals surface area contributed by atoms with Crippen LogP contribution < -0.4 is 10.2 Å². The molecular formula is C4H5CoMnO4. The Hall–Kier alpha value is -0.0340. The van der Waals surface area contributed by atoms with Crippen LogP contribution in [0.1, 0.15) is 6.92 Å². The zero-order valence-corrected chi connectivity index (χ0v) is 7.27. The Bertz CT molecular complexity index is 101. The summed E-state index contributed by atoms with van der Waals surface area (Å²) in [6.07, 6.45) is 0. The first-order chi connectivity index (χ1) is 4.00. The molecular weight excluding hydrogens is 226 g/mol. The van der Waals surface area contributed by atoms with Gasteiger partial charge in [-0.25, -0.2) is 0 Å². The van der Waals surface area contributed by atoms with Crippen LogP contribution in [0.5, 0.6) is 0 Å². The topological polar surface area (TPSA) is 80.3 Å². The largest absolute Gasteiger partial charge is 2.00 e. The molecule has 6 heteroatoms. The summed E-state index contributed by atoms with van der Waals surface area (Å²) in [6, 6.07) is 0. The van der Waals surface area contributed by atoms with E-state index in [1.807, 2.05) is 0 Å². The Morgan fingerprint density at radius 1 is 1.40 bits per heavy atom. The average molecular weight is 231 g/mol. The molecule has 0 amide bonds. The van der Waals surface area contributed by atoms with Crippen molar-refractivity contribution in [2.24, 2.45) is 0 Å². The minimum atomic E-state index is -1.08. The van der Waals surface area contributed by atoms with Crippen molar-refractivity contribution in [3.8, 4) is 0 Å². The van der Waals surface area contributed by atoms with Crippen LogP contribution in [-0.4, -0.2) is 11.9 Å².